The molecule has 23 heavy (non-hydrogen) atoms. The molecule has 0 saturated heterocycles. The van der Waals surface area contributed by atoms with Crippen LogP contribution in [-0.4, -0.2) is 46.6 Å². The first-order valence-corrected chi connectivity index (χ1v) is 7.28. The van der Waals surface area contributed by atoms with Gasteiger partial charge in [0.15, 0.2) is 0 Å². The summed E-state index contributed by atoms with van der Waals surface area (Å²) in [6.07, 6.45) is 0. The topological polar surface area (TPSA) is 83.6 Å². The SMILES string of the molecule is NC(=O)N1C(=O)C(=C(O)c2cccs2)c2cc(F)c(Cl)cc21.[NaH]. The molecule has 0 radical (unpaired) electrons. The van der Waals surface area contributed by atoms with Gasteiger partial charge in [0, 0.05) is 5.56 Å². The van der Waals surface area contributed by atoms with Crippen molar-refractivity contribution in [2.24, 2.45) is 5.73 Å². The number of nitrogens with two attached hydrogens (primary N) is 1. The first-order chi connectivity index (χ1) is 10.4. The van der Waals surface area contributed by atoms with E-state index in [-0.39, 0.29) is 57.2 Å². The van der Waals surface area contributed by atoms with E-state index in [1.807, 2.05) is 0 Å². The molecule has 9 heteroatoms. The van der Waals surface area contributed by atoms with Crippen molar-refractivity contribution in [3.63, 3.8) is 0 Å². The summed E-state index contributed by atoms with van der Waals surface area (Å²) < 4.78 is 13.7. The predicted octanol–water partition coefficient (Wildman–Crippen LogP) is 2.74. The number of carbonyl (C=O) groups excluding carboxylic acids is 2. The number of hydrogen-bond acceptors (Lipinski definition) is 4. The number of thiophene rings is 1. The number of carbonyl (C=O) groups is 2. The van der Waals surface area contributed by atoms with Gasteiger partial charge in [-0.05, 0) is 23.6 Å². The number of hydrogen-bond donors (Lipinski definition) is 2. The van der Waals surface area contributed by atoms with Crippen LogP contribution in [0.4, 0.5) is 14.9 Å². The molecule has 2 heterocycles. The molecule has 1 aliphatic rings. The number of amides is 3. The van der Waals surface area contributed by atoms with Crippen molar-refractivity contribution in [1.29, 1.82) is 0 Å². The van der Waals surface area contributed by atoms with Crippen molar-refractivity contribution < 1.29 is 19.1 Å². The van der Waals surface area contributed by atoms with Crippen LogP contribution in [0.3, 0.4) is 0 Å². The molecule has 5 nitrogen and oxygen atoms in total. The number of benzene rings is 1. The molecule has 0 saturated carbocycles. The molecule has 1 aromatic carbocycles. The molecule has 3 N–H and O–H groups in total. The molecule has 0 atom stereocenters. The first kappa shape index (κ1) is 18.0. The molecule has 3 amide bonds. The molecule has 0 bridgehead atoms. The van der Waals surface area contributed by atoms with Gasteiger partial charge in [-0.15, -0.1) is 11.3 Å². The van der Waals surface area contributed by atoms with Gasteiger partial charge in [-0.1, -0.05) is 17.7 Å². The molecule has 114 valence electrons. The fraction of sp³-hybridized carbons (Fsp3) is 0. The third-order valence-electron chi connectivity index (χ3n) is 3.18. The predicted molar refractivity (Wildman–Crippen MR) is 89.4 cm³/mol. The normalized spacial score (nSPS) is 15.2. The Balaban J connectivity index is 0.00000192. The second kappa shape index (κ2) is 6.62. The molecule has 0 fully saturated rings. The van der Waals surface area contributed by atoms with Crippen LogP contribution in [0.25, 0.3) is 11.3 Å². The van der Waals surface area contributed by atoms with Gasteiger partial charge in [-0.25, -0.2) is 14.1 Å². The van der Waals surface area contributed by atoms with E-state index in [0.29, 0.717) is 9.78 Å². The van der Waals surface area contributed by atoms with Gasteiger partial charge < -0.3 is 10.8 Å². The van der Waals surface area contributed by atoms with Gasteiger partial charge in [0.1, 0.15) is 11.6 Å². The number of halogens is 2. The van der Waals surface area contributed by atoms with Crippen molar-refractivity contribution in [1.82, 2.24) is 0 Å². The minimum atomic E-state index is -1.04. The number of aliphatic hydroxyl groups is 1. The van der Waals surface area contributed by atoms with E-state index in [0.717, 1.165) is 12.1 Å². The van der Waals surface area contributed by atoms with Crippen LogP contribution < -0.4 is 10.6 Å². The summed E-state index contributed by atoms with van der Waals surface area (Å²) in [4.78, 5) is 25.0. The Morgan fingerprint density at radius 2 is 2.09 bits per heavy atom. The zero-order valence-corrected chi connectivity index (χ0v) is 12.4. The number of fused-ring (bicyclic) bond motifs is 1. The fourth-order valence-corrected chi connectivity index (χ4v) is 3.07. The fourth-order valence-electron chi connectivity index (χ4n) is 2.24. The number of imide groups is 1. The van der Waals surface area contributed by atoms with Crippen LogP contribution in [0.15, 0.2) is 29.6 Å². The maximum absolute atomic E-state index is 13.7. The molecule has 1 aliphatic heterocycles. The van der Waals surface area contributed by atoms with Crippen molar-refractivity contribution >= 4 is 81.5 Å². The Morgan fingerprint density at radius 1 is 1.39 bits per heavy atom. The average Bonchev–Trinajstić information content (AvgIpc) is 3.05. The third kappa shape index (κ3) is 2.90. The molecule has 0 aliphatic carbocycles. The Morgan fingerprint density at radius 3 is 2.65 bits per heavy atom. The summed E-state index contributed by atoms with van der Waals surface area (Å²) in [6, 6.07) is 4.37. The summed E-state index contributed by atoms with van der Waals surface area (Å²) >= 11 is 6.89. The van der Waals surface area contributed by atoms with Gasteiger partial charge in [-0.3, -0.25) is 4.79 Å². The second-order valence-corrected chi connectivity index (χ2v) is 5.82. The van der Waals surface area contributed by atoms with E-state index in [4.69, 9.17) is 17.3 Å². The summed E-state index contributed by atoms with van der Waals surface area (Å²) in [5.74, 6) is -1.93. The Hall–Kier alpha value is -1.38. The first-order valence-electron chi connectivity index (χ1n) is 6.02. The molecule has 3 rings (SSSR count). The standard InChI is InChI=1S/C14H8ClFN2O3S.Na.H/c15-7-5-9-6(4-8(7)16)11(13(20)18(9)14(17)21)12(19)10-2-1-3-22-10;;/h1-5,19H,(H2,17,21);;. The zero-order valence-electron chi connectivity index (χ0n) is 10.8. The molecular formula is C14H9ClFN2NaO3S. The maximum atomic E-state index is 13.7. The summed E-state index contributed by atoms with van der Waals surface area (Å²) in [7, 11) is 0. The molecule has 0 spiro atoms. The monoisotopic (exact) mass is 362 g/mol. The Bertz CT molecular complexity index is 839. The van der Waals surface area contributed by atoms with Crippen molar-refractivity contribution in [2.45, 2.75) is 0 Å². The number of anilines is 1. The van der Waals surface area contributed by atoms with Crippen LogP contribution in [0.1, 0.15) is 10.4 Å². The van der Waals surface area contributed by atoms with Crippen molar-refractivity contribution in [2.75, 3.05) is 4.90 Å². The van der Waals surface area contributed by atoms with Crippen LogP contribution >= 0.6 is 22.9 Å². The minimum absolute atomic E-state index is 0. The van der Waals surface area contributed by atoms with Gasteiger partial charge in [0.25, 0.3) is 5.91 Å². The van der Waals surface area contributed by atoms with Crippen molar-refractivity contribution in [3.8, 4) is 0 Å². The quantitative estimate of drug-likeness (QED) is 0.465. The zero-order chi connectivity index (χ0) is 16.0. The van der Waals surface area contributed by atoms with E-state index in [1.54, 1.807) is 17.5 Å². The van der Waals surface area contributed by atoms with Crippen LogP contribution in [0.2, 0.25) is 5.02 Å². The summed E-state index contributed by atoms with van der Waals surface area (Å²) in [5.41, 5.74) is 5.12. The molecular weight excluding hydrogens is 354 g/mol. The van der Waals surface area contributed by atoms with Gasteiger partial charge in [0.2, 0.25) is 0 Å². The third-order valence-corrected chi connectivity index (χ3v) is 4.34. The van der Waals surface area contributed by atoms with Gasteiger partial charge >= 0.3 is 35.6 Å². The number of rotatable bonds is 1. The summed E-state index contributed by atoms with van der Waals surface area (Å²) in [5, 5.41) is 11.8. The molecule has 0 unspecified atom stereocenters. The van der Waals surface area contributed by atoms with Crippen LogP contribution in [0, 0.1) is 5.82 Å². The van der Waals surface area contributed by atoms with Crippen LogP contribution in [-0.2, 0) is 4.79 Å². The number of aliphatic hydroxyl groups excluding tert-OH is 1. The van der Waals surface area contributed by atoms with E-state index >= 15 is 0 Å². The van der Waals surface area contributed by atoms with E-state index < -0.39 is 17.8 Å². The number of primary amides is 1. The van der Waals surface area contributed by atoms with E-state index in [1.165, 1.54) is 11.3 Å². The van der Waals surface area contributed by atoms with E-state index in [9.17, 15) is 19.1 Å². The number of nitrogens with zero attached hydrogens (tertiary/aromatic N) is 1. The van der Waals surface area contributed by atoms with Crippen LogP contribution in [0.5, 0.6) is 0 Å². The molecule has 1 aromatic heterocycles. The Labute approximate surface area is 161 Å². The molecule has 2 aromatic rings. The van der Waals surface area contributed by atoms with E-state index in [2.05, 4.69) is 0 Å². The van der Waals surface area contributed by atoms with Crippen molar-refractivity contribution in [3.05, 3.63) is 50.9 Å². The average molecular weight is 363 g/mol. The number of urea groups is 1. The Kier molecular flexibility index (Phi) is 5.17. The second-order valence-electron chi connectivity index (χ2n) is 4.46. The summed E-state index contributed by atoms with van der Waals surface area (Å²) in [6.45, 7) is 0. The van der Waals surface area contributed by atoms with Gasteiger partial charge in [0.05, 0.1) is 21.2 Å². The van der Waals surface area contributed by atoms with Gasteiger partial charge in [-0.2, -0.15) is 0 Å².